The summed E-state index contributed by atoms with van der Waals surface area (Å²) in [7, 11) is 0. The van der Waals surface area contributed by atoms with Crippen LogP contribution in [-0.2, 0) is 11.2 Å². The first-order chi connectivity index (χ1) is 15.2. The summed E-state index contributed by atoms with van der Waals surface area (Å²) in [5.74, 6) is 0.825. The van der Waals surface area contributed by atoms with E-state index < -0.39 is 0 Å². The van der Waals surface area contributed by atoms with Crippen molar-refractivity contribution < 1.29 is 9.59 Å². The fraction of sp³-hybridized carbons (Fsp3) is 0.636. The van der Waals surface area contributed by atoms with E-state index >= 15 is 0 Å². The van der Waals surface area contributed by atoms with E-state index in [1.165, 1.54) is 42.3 Å². The van der Waals surface area contributed by atoms with Crippen LogP contribution in [0.1, 0.15) is 81.0 Å². The van der Waals surface area contributed by atoms with Crippen LogP contribution in [0.15, 0.2) is 22.7 Å². The van der Waals surface area contributed by atoms with Crippen LogP contribution in [0, 0.1) is 0 Å². The standard InChI is InChI=1S/C22H31N5O2S2/c28-20(24-21(29)23-16-8-3-1-4-9-16)15-31-22-26-25-19(14-18-12-7-13-30-18)27(22)17-10-5-2-6-11-17/h7,12-13,16-17H,1-6,8-11,14-15H2,(H2,23,24,28,29). The highest BCUT2D eigenvalue weighted by Gasteiger charge is 2.24. The molecule has 2 aliphatic rings. The van der Waals surface area contributed by atoms with Crippen molar-refractivity contribution in [3.05, 3.63) is 28.2 Å². The van der Waals surface area contributed by atoms with Gasteiger partial charge in [0.15, 0.2) is 5.16 Å². The lowest BCUT2D eigenvalue weighted by molar-refractivity contribution is -0.117. The Balaban J connectivity index is 1.36. The van der Waals surface area contributed by atoms with E-state index in [9.17, 15) is 9.59 Å². The number of urea groups is 1. The van der Waals surface area contributed by atoms with Gasteiger partial charge in [-0.2, -0.15) is 0 Å². The molecule has 0 radical (unpaired) electrons. The fourth-order valence-electron chi connectivity index (χ4n) is 4.56. The summed E-state index contributed by atoms with van der Waals surface area (Å²) in [6.07, 6.45) is 12.2. The zero-order chi connectivity index (χ0) is 21.5. The van der Waals surface area contributed by atoms with Gasteiger partial charge in [0.05, 0.1) is 5.75 Å². The lowest BCUT2D eigenvalue weighted by atomic mass is 9.95. The molecule has 9 heteroatoms. The van der Waals surface area contributed by atoms with Crippen molar-refractivity contribution in [2.24, 2.45) is 0 Å². The number of amides is 3. The molecule has 4 rings (SSSR count). The molecule has 2 saturated carbocycles. The normalized spacial score (nSPS) is 18.1. The van der Waals surface area contributed by atoms with Gasteiger partial charge in [0.25, 0.3) is 0 Å². The molecule has 2 aromatic rings. The van der Waals surface area contributed by atoms with Crippen molar-refractivity contribution in [3.63, 3.8) is 0 Å². The molecular formula is C22H31N5O2S2. The summed E-state index contributed by atoms with van der Waals surface area (Å²) in [5, 5.41) is 17.1. The second kappa shape index (κ2) is 11.1. The van der Waals surface area contributed by atoms with Gasteiger partial charge in [0.1, 0.15) is 5.82 Å². The molecule has 0 aromatic carbocycles. The third-order valence-electron chi connectivity index (χ3n) is 6.11. The van der Waals surface area contributed by atoms with Crippen LogP contribution in [0.4, 0.5) is 4.79 Å². The minimum Gasteiger partial charge on any atom is -0.335 e. The van der Waals surface area contributed by atoms with Crippen molar-refractivity contribution in [2.75, 3.05) is 5.75 Å². The van der Waals surface area contributed by atoms with Crippen molar-refractivity contribution >= 4 is 35.0 Å². The smallest absolute Gasteiger partial charge is 0.321 e. The molecule has 2 aromatic heterocycles. The van der Waals surface area contributed by atoms with Crippen LogP contribution in [0.3, 0.4) is 0 Å². The van der Waals surface area contributed by atoms with Crippen molar-refractivity contribution in [1.82, 2.24) is 25.4 Å². The van der Waals surface area contributed by atoms with E-state index in [1.54, 1.807) is 11.3 Å². The van der Waals surface area contributed by atoms with Crippen molar-refractivity contribution in [1.29, 1.82) is 0 Å². The molecule has 168 valence electrons. The third kappa shape index (κ3) is 6.32. The molecule has 0 spiro atoms. The number of aromatic nitrogens is 3. The molecular weight excluding hydrogens is 430 g/mol. The summed E-state index contributed by atoms with van der Waals surface area (Å²) in [5.41, 5.74) is 0. The Morgan fingerprint density at radius 2 is 1.81 bits per heavy atom. The zero-order valence-electron chi connectivity index (χ0n) is 17.8. The molecule has 31 heavy (non-hydrogen) atoms. The van der Waals surface area contributed by atoms with Crippen LogP contribution >= 0.6 is 23.1 Å². The summed E-state index contributed by atoms with van der Waals surface area (Å²) < 4.78 is 2.25. The van der Waals surface area contributed by atoms with Gasteiger partial charge in [-0.25, -0.2) is 4.79 Å². The van der Waals surface area contributed by atoms with Gasteiger partial charge in [0, 0.05) is 23.4 Å². The Labute approximate surface area is 191 Å². The first kappa shape index (κ1) is 22.3. The largest absolute Gasteiger partial charge is 0.335 e. The number of nitrogens with one attached hydrogen (secondary N) is 2. The second-order valence-electron chi connectivity index (χ2n) is 8.46. The van der Waals surface area contributed by atoms with Crippen molar-refractivity contribution in [3.8, 4) is 0 Å². The maximum atomic E-state index is 12.4. The molecule has 0 aliphatic heterocycles. The maximum absolute atomic E-state index is 12.4. The lowest BCUT2D eigenvalue weighted by Gasteiger charge is -2.25. The molecule has 3 amide bonds. The minimum atomic E-state index is -0.385. The first-order valence-corrected chi connectivity index (χ1v) is 13.2. The number of hydrogen-bond donors (Lipinski definition) is 2. The minimum absolute atomic E-state index is 0.155. The van der Waals surface area contributed by atoms with Crippen LogP contribution in [0.5, 0.6) is 0 Å². The summed E-state index contributed by atoms with van der Waals surface area (Å²) in [4.78, 5) is 25.8. The average Bonchev–Trinajstić information content (AvgIpc) is 3.44. The topological polar surface area (TPSA) is 88.9 Å². The Morgan fingerprint density at radius 1 is 1.06 bits per heavy atom. The molecule has 2 aliphatic carbocycles. The first-order valence-electron chi connectivity index (χ1n) is 11.4. The summed E-state index contributed by atoms with van der Waals surface area (Å²) >= 11 is 3.10. The fourth-order valence-corrected chi connectivity index (χ4v) is 6.09. The number of thiophene rings is 1. The molecule has 0 saturated heterocycles. The molecule has 7 nitrogen and oxygen atoms in total. The van der Waals surface area contributed by atoms with Crippen LogP contribution in [0.25, 0.3) is 0 Å². The quantitative estimate of drug-likeness (QED) is 0.584. The Bertz CT molecular complexity index is 855. The van der Waals surface area contributed by atoms with Crippen LogP contribution in [-0.4, -0.2) is 38.5 Å². The van der Waals surface area contributed by atoms with Gasteiger partial charge >= 0.3 is 6.03 Å². The van der Waals surface area contributed by atoms with Gasteiger partial charge in [-0.3, -0.25) is 10.1 Å². The SMILES string of the molecule is O=C(CSc1nnc(Cc2cccs2)n1C1CCCCC1)NC(=O)NC1CCCCC1. The van der Waals surface area contributed by atoms with E-state index in [-0.39, 0.29) is 23.7 Å². The van der Waals surface area contributed by atoms with E-state index in [2.05, 4.69) is 42.9 Å². The highest BCUT2D eigenvalue weighted by atomic mass is 32.2. The summed E-state index contributed by atoms with van der Waals surface area (Å²) in [6.45, 7) is 0. The number of imide groups is 1. The predicted molar refractivity (Wildman–Crippen MR) is 124 cm³/mol. The van der Waals surface area contributed by atoms with Gasteiger partial charge in [-0.05, 0) is 37.1 Å². The molecule has 0 atom stereocenters. The molecule has 0 unspecified atom stereocenters. The van der Waals surface area contributed by atoms with Crippen molar-refractivity contribution in [2.45, 2.75) is 87.9 Å². The number of carbonyl (C=O) groups excluding carboxylic acids is 2. The van der Waals surface area contributed by atoms with E-state index in [0.717, 1.165) is 55.9 Å². The number of hydrogen-bond acceptors (Lipinski definition) is 6. The molecule has 2 fully saturated rings. The van der Waals surface area contributed by atoms with E-state index in [4.69, 9.17) is 0 Å². The Morgan fingerprint density at radius 3 is 2.52 bits per heavy atom. The highest BCUT2D eigenvalue weighted by molar-refractivity contribution is 7.99. The highest BCUT2D eigenvalue weighted by Crippen LogP contribution is 2.33. The van der Waals surface area contributed by atoms with Crippen LogP contribution < -0.4 is 10.6 Å². The Kier molecular flexibility index (Phi) is 8.02. The van der Waals surface area contributed by atoms with Gasteiger partial charge in [-0.15, -0.1) is 21.5 Å². The van der Waals surface area contributed by atoms with Gasteiger partial charge in [0.2, 0.25) is 5.91 Å². The predicted octanol–water partition coefficient (Wildman–Crippen LogP) is 4.69. The lowest BCUT2D eigenvalue weighted by Crippen LogP contribution is -2.45. The van der Waals surface area contributed by atoms with Gasteiger partial charge < -0.3 is 9.88 Å². The average molecular weight is 462 g/mol. The van der Waals surface area contributed by atoms with Gasteiger partial charge in [-0.1, -0.05) is 56.4 Å². The third-order valence-corrected chi connectivity index (χ3v) is 7.93. The summed E-state index contributed by atoms with van der Waals surface area (Å²) in [6, 6.07) is 4.36. The molecule has 0 bridgehead atoms. The molecule has 2 N–H and O–H groups in total. The zero-order valence-corrected chi connectivity index (χ0v) is 19.5. The Hall–Kier alpha value is -1.87. The van der Waals surface area contributed by atoms with Crippen LogP contribution in [0.2, 0.25) is 0 Å². The number of rotatable bonds is 7. The maximum Gasteiger partial charge on any atom is 0.321 e. The second-order valence-corrected chi connectivity index (χ2v) is 10.4. The van der Waals surface area contributed by atoms with E-state index in [0.29, 0.717) is 6.04 Å². The van der Waals surface area contributed by atoms with E-state index in [1.807, 2.05) is 0 Å². The number of carbonyl (C=O) groups is 2. The molecule has 2 heterocycles. The monoisotopic (exact) mass is 461 g/mol. The number of nitrogens with zero attached hydrogens (tertiary/aromatic N) is 3. The number of thioether (sulfide) groups is 1.